The van der Waals surface area contributed by atoms with Crippen molar-refractivity contribution in [2.24, 2.45) is 0 Å². The fourth-order valence-corrected chi connectivity index (χ4v) is 4.69. The van der Waals surface area contributed by atoms with Crippen molar-refractivity contribution in [2.75, 3.05) is 38.6 Å². The van der Waals surface area contributed by atoms with Crippen molar-refractivity contribution < 1.29 is 14.6 Å². The van der Waals surface area contributed by atoms with Gasteiger partial charge in [-0.3, -0.25) is 9.69 Å². The lowest BCUT2D eigenvalue weighted by atomic mass is 10.0. The summed E-state index contributed by atoms with van der Waals surface area (Å²) in [6.07, 6.45) is 1.79. The molecular weight excluding hydrogens is 406 g/mol. The number of benzene rings is 1. The molecule has 1 aromatic carbocycles. The van der Waals surface area contributed by atoms with Gasteiger partial charge in [-0.1, -0.05) is 6.07 Å². The number of hydrogen-bond donors (Lipinski definition) is 2. The maximum atomic E-state index is 11.7. The topological polar surface area (TPSA) is 90.8 Å². The Morgan fingerprint density at radius 3 is 2.84 bits per heavy atom. The molecule has 0 spiro atoms. The van der Waals surface area contributed by atoms with Crippen molar-refractivity contribution >= 4 is 11.7 Å². The van der Waals surface area contributed by atoms with Gasteiger partial charge in [0.15, 0.2) is 0 Å². The van der Waals surface area contributed by atoms with Crippen molar-refractivity contribution in [3.05, 3.63) is 46.4 Å². The Bertz CT molecular complexity index is 980. The van der Waals surface area contributed by atoms with E-state index in [1.54, 1.807) is 6.92 Å². The third kappa shape index (κ3) is 4.71. The summed E-state index contributed by atoms with van der Waals surface area (Å²) in [4.78, 5) is 25.8. The summed E-state index contributed by atoms with van der Waals surface area (Å²) < 4.78 is 5.61. The SMILES string of the molecule is CCOc1ccc(CN2CCc3c(nc([C@H]4CCN(C(C)=O)C4)nc3NC)C2)cc1CO. The van der Waals surface area contributed by atoms with Crippen LogP contribution in [-0.2, 0) is 30.9 Å². The molecule has 1 aromatic heterocycles. The van der Waals surface area contributed by atoms with Crippen LogP contribution in [-0.4, -0.2) is 64.1 Å². The molecule has 0 bridgehead atoms. The van der Waals surface area contributed by atoms with Crippen LogP contribution in [0.5, 0.6) is 5.75 Å². The van der Waals surface area contributed by atoms with Crippen LogP contribution in [0.2, 0.25) is 0 Å². The molecule has 2 aliphatic rings. The molecule has 4 rings (SSSR count). The summed E-state index contributed by atoms with van der Waals surface area (Å²) in [6.45, 7) is 8.04. The number of carbonyl (C=O) groups is 1. The monoisotopic (exact) mass is 439 g/mol. The van der Waals surface area contributed by atoms with Crippen molar-refractivity contribution in [2.45, 2.75) is 52.3 Å². The molecular formula is C24H33N5O3. The van der Waals surface area contributed by atoms with E-state index in [0.29, 0.717) is 13.2 Å². The van der Waals surface area contributed by atoms with E-state index in [1.165, 1.54) is 5.56 Å². The smallest absolute Gasteiger partial charge is 0.219 e. The number of aliphatic hydroxyl groups excluding tert-OH is 1. The number of likely N-dealkylation sites (tertiary alicyclic amines) is 1. The number of amides is 1. The van der Waals surface area contributed by atoms with E-state index in [4.69, 9.17) is 14.7 Å². The van der Waals surface area contributed by atoms with Crippen LogP contribution in [0.25, 0.3) is 0 Å². The Morgan fingerprint density at radius 1 is 1.31 bits per heavy atom. The van der Waals surface area contributed by atoms with E-state index >= 15 is 0 Å². The van der Waals surface area contributed by atoms with E-state index in [-0.39, 0.29) is 18.4 Å². The van der Waals surface area contributed by atoms with Crippen LogP contribution >= 0.6 is 0 Å². The fourth-order valence-electron chi connectivity index (χ4n) is 4.69. The number of carbonyl (C=O) groups excluding carboxylic acids is 1. The van der Waals surface area contributed by atoms with Gasteiger partial charge in [0.05, 0.1) is 18.9 Å². The zero-order valence-electron chi connectivity index (χ0n) is 19.2. The third-order valence-electron chi connectivity index (χ3n) is 6.40. The average molecular weight is 440 g/mol. The van der Waals surface area contributed by atoms with E-state index in [2.05, 4.69) is 16.3 Å². The minimum absolute atomic E-state index is 0.0349. The Labute approximate surface area is 189 Å². The van der Waals surface area contributed by atoms with Crippen LogP contribution in [0.3, 0.4) is 0 Å². The zero-order valence-corrected chi connectivity index (χ0v) is 19.2. The van der Waals surface area contributed by atoms with E-state index < -0.39 is 0 Å². The van der Waals surface area contributed by atoms with E-state index in [1.807, 2.05) is 31.0 Å². The highest BCUT2D eigenvalue weighted by Gasteiger charge is 2.30. The number of aliphatic hydroxyl groups is 1. The fraction of sp³-hybridized carbons (Fsp3) is 0.542. The van der Waals surface area contributed by atoms with Gasteiger partial charge < -0.3 is 20.1 Å². The highest BCUT2D eigenvalue weighted by molar-refractivity contribution is 5.73. The lowest BCUT2D eigenvalue weighted by molar-refractivity contribution is -0.127. The highest BCUT2D eigenvalue weighted by Crippen LogP contribution is 2.30. The quantitative estimate of drug-likeness (QED) is 0.684. The predicted octanol–water partition coefficient (Wildman–Crippen LogP) is 2.30. The second-order valence-corrected chi connectivity index (χ2v) is 8.55. The Kier molecular flexibility index (Phi) is 6.91. The van der Waals surface area contributed by atoms with Crippen molar-refractivity contribution in [3.8, 4) is 5.75 Å². The Balaban J connectivity index is 1.52. The second kappa shape index (κ2) is 9.83. The van der Waals surface area contributed by atoms with Crippen LogP contribution in [0.4, 0.5) is 5.82 Å². The molecule has 1 fully saturated rings. The maximum absolute atomic E-state index is 11.7. The lowest BCUT2D eigenvalue weighted by Crippen LogP contribution is -2.32. The van der Waals surface area contributed by atoms with Gasteiger partial charge >= 0.3 is 0 Å². The van der Waals surface area contributed by atoms with Gasteiger partial charge in [-0.2, -0.15) is 0 Å². The van der Waals surface area contributed by atoms with Gasteiger partial charge in [-0.05, 0) is 37.5 Å². The molecule has 2 N–H and O–H groups in total. The first-order valence-corrected chi connectivity index (χ1v) is 11.4. The van der Waals surface area contributed by atoms with E-state index in [0.717, 1.165) is 73.2 Å². The molecule has 1 atom stereocenters. The van der Waals surface area contributed by atoms with Gasteiger partial charge in [-0.15, -0.1) is 0 Å². The molecule has 0 saturated carbocycles. The van der Waals surface area contributed by atoms with Crippen LogP contribution < -0.4 is 10.1 Å². The van der Waals surface area contributed by atoms with E-state index in [9.17, 15) is 9.90 Å². The van der Waals surface area contributed by atoms with Crippen LogP contribution in [0.15, 0.2) is 18.2 Å². The van der Waals surface area contributed by atoms with Crippen molar-refractivity contribution in [1.82, 2.24) is 19.8 Å². The maximum Gasteiger partial charge on any atom is 0.219 e. The lowest BCUT2D eigenvalue weighted by Gasteiger charge is -2.30. The molecule has 32 heavy (non-hydrogen) atoms. The number of rotatable bonds is 7. The predicted molar refractivity (Wildman–Crippen MR) is 123 cm³/mol. The molecule has 172 valence electrons. The largest absolute Gasteiger partial charge is 0.494 e. The summed E-state index contributed by atoms with van der Waals surface area (Å²) in [5, 5.41) is 13.0. The highest BCUT2D eigenvalue weighted by atomic mass is 16.5. The number of nitrogens with zero attached hydrogens (tertiary/aromatic N) is 4. The summed E-state index contributed by atoms with van der Waals surface area (Å²) in [5.74, 6) is 2.79. The molecule has 8 nitrogen and oxygen atoms in total. The van der Waals surface area contributed by atoms with Crippen LogP contribution in [0, 0.1) is 0 Å². The first-order chi connectivity index (χ1) is 15.5. The average Bonchev–Trinajstić information content (AvgIpc) is 3.30. The number of ether oxygens (including phenoxy) is 1. The van der Waals surface area contributed by atoms with Gasteiger partial charge in [0.1, 0.15) is 17.4 Å². The molecule has 0 unspecified atom stereocenters. The first kappa shape index (κ1) is 22.5. The number of nitrogens with one attached hydrogen (secondary N) is 1. The number of anilines is 1. The molecule has 2 aromatic rings. The van der Waals surface area contributed by atoms with Gasteiger partial charge in [0, 0.05) is 63.7 Å². The summed E-state index contributed by atoms with van der Waals surface area (Å²) in [7, 11) is 1.91. The molecule has 0 radical (unpaired) electrons. The number of hydrogen-bond acceptors (Lipinski definition) is 7. The Hall–Kier alpha value is -2.71. The van der Waals surface area contributed by atoms with Gasteiger partial charge in [0.2, 0.25) is 5.91 Å². The number of fused-ring (bicyclic) bond motifs is 1. The van der Waals surface area contributed by atoms with Crippen molar-refractivity contribution in [3.63, 3.8) is 0 Å². The molecule has 0 aliphatic carbocycles. The second-order valence-electron chi connectivity index (χ2n) is 8.55. The zero-order chi connectivity index (χ0) is 22.7. The third-order valence-corrected chi connectivity index (χ3v) is 6.40. The van der Waals surface area contributed by atoms with Crippen molar-refractivity contribution in [1.29, 1.82) is 0 Å². The summed E-state index contributed by atoms with van der Waals surface area (Å²) >= 11 is 0. The standard InChI is InChI=1S/C24H33N5O3/c1-4-32-22-6-5-17(11-19(22)15-30)12-28-9-8-20-21(14-28)26-23(27-24(20)25-3)18-7-10-29(13-18)16(2)31/h5-6,11,18,30H,4,7-10,12-15H2,1-3H3,(H,25,26,27)/t18-/m0/s1. The molecule has 1 amide bonds. The van der Waals surface area contributed by atoms with Gasteiger partial charge in [0.25, 0.3) is 0 Å². The molecule has 1 saturated heterocycles. The molecule has 3 heterocycles. The minimum atomic E-state index is -0.0349. The normalized spacial score (nSPS) is 18.5. The van der Waals surface area contributed by atoms with Gasteiger partial charge in [-0.25, -0.2) is 9.97 Å². The molecule has 8 heteroatoms. The molecule has 2 aliphatic heterocycles. The number of aromatic nitrogens is 2. The summed E-state index contributed by atoms with van der Waals surface area (Å²) in [5.41, 5.74) is 4.23. The first-order valence-electron chi connectivity index (χ1n) is 11.4. The Morgan fingerprint density at radius 2 is 2.16 bits per heavy atom. The summed E-state index contributed by atoms with van der Waals surface area (Å²) in [6, 6.07) is 6.04. The minimum Gasteiger partial charge on any atom is -0.494 e. The van der Waals surface area contributed by atoms with Crippen LogP contribution in [0.1, 0.15) is 54.4 Å².